The monoisotopic (exact) mass is 191 g/mol. The average Bonchev–Trinajstić information content (AvgIpc) is 2.26. The summed E-state index contributed by atoms with van der Waals surface area (Å²) in [4.78, 5) is 0. The maximum atomic E-state index is 3.55. The second-order valence-corrected chi connectivity index (χ2v) is 4.05. The Kier molecular flexibility index (Phi) is 4.68. The summed E-state index contributed by atoms with van der Waals surface area (Å²) in [5.41, 5.74) is 1.37. The number of benzene rings is 1. The van der Waals surface area contributed by atoms with Crippen molar-refractivity contribution in [3.63, 3.8) is 0 Å². The first-order chi connectivity index (χ1) is 6.74. The van der Waals surface area contributed by atoms with Crippen LogP contribution in [0.2, 0.25) is 0 Å². The van der Waals surface area contributed by atoms with Gasteiger partial charge in [-0.25, -0.2) is 0 Å². The van der Waals surface area contributed by atoms with E-state index in [9.17, 15) is 0 Å². The molecule has 0 amide bonds. The van der Waals surface area contributed by atoms with E-state index in [1.165, 1.54) is 12.0 Å². The normalized spacial score (nSPS) is 15.1. The van der Waals surface area contributed by atoms with Crippen LogP contribution in [0.4, 0.5) is 0 Å². The lowest BCUT2D eigenvalue weighted by Crippen LogP contribution is -2.24. The Bertz CT molecular complexity index is 243. The highest BCUT2D eigenvalue weighted by Crippen LogP contribution is 2.11. The molecule has 0 aliphatic heterocycles. The molecule has 1 heteroatoms. The predicted molar refractivity (Wildman–Crippen MR) is 62.3 cm³/mol. The molecule has 0 saturated heterocycles. The minimum atomic E-state index is 0.463. The van der Waals surface area contributed by atoms with Gasteiger partial charge in [-0.2, -0.15) is 0 Å². The van der Waals surface area contributed by atoms with E-state index < -0.39 is 0 Å². The topological polar surface area (TPSA) is 12.0 Å². The van der Waals surface area contributed by atoms with E-state index in [1.54, 1.807) is 0 Å². The van der Waals surface area contributed by atoms with Crippen molar-refractivity contribution in [2.75, 3.05) is 6.54 Å². The maximum Gasteiger partial charge on any atom is 0.0291 e. The summed E-state index contributed by atoms with van der Waals surface area (Å²) in [5.74, 6) is 0.765. The van der Waals surface area contributed by atoms with Crippen LogP contribution in [0.25, 0.3) is 0 Å². The van der Waals surface area contributed by atoms with Gasteiger partial charge in [0.05, 0.1) is 0 Å². The molecular weight excluding hydrogens is 170 g/mol. The second-order valence-electron chi connectivity index (χ2n) is 4.05. The fourth-order valence-corrected chi connectivity index (χ4v) is 1.38. The molecular formula is C13H21N. The lowest BCUT2D eigenvalue weighted by Gasteiger charge is -2.16. The van der Waals surface area contributed by atoms with E-state index in [1.807, 2.05) is 0 Å². The van der Waals surface area contributed by atoms with Crippen LogP contribution >= 0.6 is 0 Å². The highest BCUT2D eigenvalue weighted by molar-refractivity contribution is 5.17. The molecule has 2 atom stereocenters. The smallest absolute Gasteiger partial charge is 0.0291 e. The molecule has 1 rings (SSSR count). The second kappa shape index (κ2) is 5.82. The zero-order valence-electron chi connectivity index (χ0n) is 9.46. The van der Waals surface area contributed by atoms with Crippen LogP contribution in [0.15, 0.2) is 30.3 Å². The van der Waals surface area contributed by atoms with Gasteiger partial charge in [0.15, 0.2) is 0 Å². The van der Waals surface area contributed by atoms with Crippen LogP contribution < -0.4 is 5.32 Å². The van der Waals surface area contributed by atoms with Gasteiger partial charge < -0.3 is 5.32 Å². The van der Waals surface area contributed by atoms with E-state index in [0.717, 1.165) is 12.5 Å². The lowest BCUT2D eigenvalue weighted by atomic mass is 10.1. The Balaban J connectivity index is 2.39. The molecule has 0 heterocycles. The van der Waals surface area contributed by atoms with Crippen LogP contribution in [-0.2, 0) is 0 Å². The molecule has 1 aromatic rings. The number of hydrogen-bond donors (Lipinski definition) is 1. The average molecular weight is 191 g/mol. The van der Waals surface area contributed by atoms with Crippen molar-refractivity contribution in [1.82, 2.24) is 5.32 Å². The molecule has 78 valence electrons. The first-order valence-electron chi connectivity index (χ1n) is 5.52. The van der Waals surface area contributed by atoms with E-state index in [2.05, 4.69) is 56.4 Å². The molecule has 0 fully saturated rings. The third-order valence-electron chi connectivity index (χ3n) is 2.77. The zero-order valence-corrected chi connectivity index (χ0v) is 9.46. The third-order valence-corrected chi connectivity index (χ3v) is 2.77. The molecule has 1 aromatic carbocycles. The summed E-state index contributed by atoms with van der Waals surface area (Å²) in [7, 11) is 0. The van der Waals surface area contributed by atoms with Crippen LogP contribution in [0.1, 0.15) is 38.8 Å². The maximum absolute atomic E-state index is 3.55. The highest BCUT2D eigenvalue weighted by Gasteiger charge is 2.05. The Labute approximate surface area is 87.5 Å². The summed E-state index contributed by atoms with van der Waals surface area (Å²) < 4.78 is 0. The molecule has 0 aliphatic rings. The standard InChI is InChI=1S/C13H21N/c1-4-11(2)10-14-12(3)13-8-6-5-7-9-13/h5-9,11-12,14H,4,10H2,1-3H3/t11-,12+/m0/s1. The summed E-state index contributed by atoms with van der Waals surface area (Å²) in [6.07, 6.45) is 1.24. The zero-order chi connectivity index (χ0) is 10.4. The quantitative estimate of drug-likeness (QED) is 0.752. The summed E-state index contributed by atoms with van der Waals surface area (Å²) in [6.45, 7) is 7.84. The molecule has 0 unspecified atom stereocenters. The first-order valence-corrected chi connectivity index (χ1v) is 5.52. The molecule has 0 radical (unpaired) electrons. The van der Waals surface area contributed by atoms with Crippen molar-refractivity contribution >= 4 is 0 Å². The largest absolute Gasteiger partial charge is 0.310 e. The summed E-state index contributed by atoms with van der Waals surface area (Å²) in [5, 5.41) is 3.55. The number of rotatable bonds is 5. The lowest BCUT2D eigenvalue weighted by molar-refractivity contribution is 0.461. The molecule has 0 aliphatic carbocycles. The minimum absolute atomic E-state index is 0.463. The first kappa shape index (κ1) is 11.3. The van der Waals surface area contributed by atoms with Gasteiger partial charge >= 0.3 is 0 Å². The van der Waals surface area contributed by atoms with Crippen molar-refractivity contribution in [2.24, 2.45) is 5.92 Å². The fourth-order valence-electron chi connectivity index (χ4n) is 1.38. The van der Waals surface area contributed by atoms with Gasteiger partial charge in [-0.1, -0.05) is 50.6 Å². The predicted octanol–water partition coefficient (Wildman–Crippen LogP) is 3.38. The Hall–Kier alpha value is -0.820. The number of hydrogen-bond acceptors (Lipinski definition) is 1. The molecule has 0 bridgehead atoms. The van der Waals surface area contributed by atoms with Crippen LogP contribution in [0, 0.1) is 5.92 Å². The van der Waals surface area contributed by atoms with E-state index in [-0.39, 0.29) is 0 Å². The van der Waals surface area contributed by atoms with Gasteiger partial charge in [0.25, 0.3) is 0 Å². The summed E-state index contributed by atoms with van der Waals surface area (Å²) in [6, 6.07) is 11.1. The molecule has 1 N–H and O–H groups in total. The third kappa shape index (κ3) is 3.51. The Morgan fingerprint density at radius 2 is 1.79 bits per heavy atom. The molecule has 1 nitrogen and oxygen atoms in total. The molecule has 0 saturated carbocycles. The van der Waals surface area contributed by atoms with Crippen molar-refractivity contribution in [1.29, 1.82) is 0 Å². The molecule has 0 aromatic heterocycles. The van der Waals surface area contributed by atoms with Gasteiger partial charge in [0.2, 0.25) is 0 Å². The minimum Gasteiger partial charge on any atom is -0.310 e. The van der Waals surface area contributed by atoms with E-state index in [4.69, 9.17) is 0 Å². The van der Waals surface area contributed by atoms with Crippen LogP contribution in [0.3, 0.4) is 0 Å². The van der Waals surface area contributed by atoms with E-state index in [0.29, 0.717) is 6.04 Å². The highest BCUT2D eigenvalue weighted by atomic mass is 14.9. The van der Waals surface area contributed by atoms with Crippen molar-refractivity contribution in [2.45, 2.75) is 33.2 Å². The van der Waals surface area contributed by atoms with Gasteiger partial charge in [0.1, 0.15) is 0 Å². The van der Waals surface area contributed by atoms with Crippen molar-refractivity contribution < 1.29 is 0 Å². The summed E-state index contributed by atoms with van der Waals surface area (Å²) >= 11 is 0. The Morgan fingerprint density at radius 3 is 2.36 bits per heavy atom. The van der Waals surface area contributed by atoms with Gasteiger partial charge in [-0.15, -0.1) is 0 Å². The number of nitrogens with one attached hydrogen (secondary N) is 1. The van der Waals surface area contributed by atoms with E-state index >= 15 is 0 Å². The SMILES string of the molecule is CC[C@H](C)CN[C@H](C)c1ccccc1. The molecule has 0 spiro atoms. The molecule has 14 heavy (non-hydrogen) atoms. The van der Waals surface area contributed by atoms with Crippen molar-refractivity contribution in [3.8, 4) is 0 Å². The van der Waals surface area contributed by atoms with Crippen LogP contribution in [0.5, 0.6) is 0 Å². The van der Waals surface area contributed by atoms with Gasteiger partial charge in [-0.05, 0) is 24.9 Å². The Morgan fingerprint density at radius 1 is 1.14 bits per heavy atom. The van der Waals surface area contributed by atoms with Crippen LogP contribution in [-0.4, -0.2) is 6.54 Å². The van der Waals surface area contributed by atoms with Crippen molar-refractivity contribution in [3.05, 3.63) is 35.9 Å². The van der Waals surface area contributed by atoms with Gasteiger partial charge in [0, 0.05) is 6.04 Å². The fraction of sp³-hybridized carbons (Fsp3) is 0.538. The van der Waals surface area contributed by atoms with Gasteiger partial charge in [-0.3, -0.25) is 0 Å².